The predicted octanol–water partition coefficient (Wildman–Crippen LogP) is 2.21. The fraction of sp³-hybridized carbons (Fsp3) is 0.533. The summed E-state index contributed by atoms with van der Waals surface area (Å²) in [6, 6.07) is 5.11. The molecule has 0 bridgehead atoms. The molecule has 20 heavy (non-hydrogen) atoms. The van der Waals surface area contributed by atoms with E-state index in [1.165, 1.54) is 0 Å². The molecule has 1 rings (SSSR count). The van der Waals surface area contributed by atoms with Gasteiger partial charge < -0.3 is 20.5 Å². The average Bonchev–Trinajstić information content (AvgIpc) is 2.40. The van der Waals surface area contributed by atoms with Gasteiger partial charge in [0.25, 0.3) is 5.91 Å². The van der Waals surface area contributed by atoms with Crippen LogP contribution in [-0.2, 0) is 4.79 Å². The Morgan fingerprint density at radius 2 is 2.05 bits per heavy atom. The summed E-state index contributed by atoms with van der Waals surface area (Å²) in [5.41, 5.74) is 6.30. The molecule has 1 aromatic rings. The molecule has 1 atom stereocenters. The highest BCUT2D eigenvalue weighted by Gasteiger charge is 2.15. The van der Waals surface area contributed by atoms with E-state index < -0.39 is 6.10 Å². The quantitative estimate of drug-likeness (QED) is 0.751. The SMILES string of the molecule is COc1ccc(OC(C)C(=O)NCCC(C)C)c(N)c1. The van der Waals surface area contributed by atoms with Crippen molar-refractivity contribution >= 4 is 11.6 Å². The van der Waals surface area contributed by atoms with Gasteiger partial charge in [-0.2, -0.15) is 0 Å². The van der Waals surface area contributed by atoms with E-state index in [9.17, 15) is 4.79 Å². The highest BCUT2D eigenvalue weighted by Crippen LogP contribution is 2.27. The van der Waals surface area contributed by atoms with Gasteiger partial charge in [0.2, 0.25) is 0 Å². The first-order valence-electron chi connectivity index (χ1n) is 6.82. The number of nitrogens with one attached hydrogen (secondary N) is 1. The monoisotopic (exact) mass is 280 g/mol. The van der Waals surface area contributed by atoms with Gasteiger partial charge >= 0.3 is 0 Å². The Kier molecular flexibility index (Phi) is 6.15. The molecule has 0 spiro atoms. The third-order valence-corrected chi connectivity index (χ3v) is 2.91. The zero-order valence-corrected chi connectivity index (χ0v) is 12.6. The van der Waals surface area contributed by atoms with Crippen molar-refractivity contribution in [3.63, 3.8) is 0 Å². The number of anilines is 1. The fourth-order valence-corrected chi connectivity index (χ4v) is 1.63. The second kappa shape index (κ2) is 7.62. The number of carbonyl (C=O) groups excluding carboxylic acids is 1. The van der Waals surface area contributed by atoms with Gasteiger partial charge in [0.05, 0.1) is 12.8 Å². The molecule has 0 radical (unpaired) electrons. The molecule has 0 heterocycles. The minimum atomic E-state index is -0.585. The van der Waals surface area contributed by atoms with Gasteiger partial charge in [-0.05, 0) is 31.4 Å². The number of rotatable bonds is 7. The van der Waals surface area contributed by atoms with E-state index in [0.717, 1.165) is 6.42 Å². The molecule has 0 fully saturated rings. The van der Waals surface area contributed by atoms with Crippen LogP contribution in [0.5, 0.6) is 11.5 Å². The van der Waals surface area contributed by atoms with E-state index in [0.29, 0.717) is 29.6 Å². The molecular weight excluding hydrogens is 256 g/mol. The van der Waals surface area contributed by atoms with E-state index in [1.54, 1.807) is 32.2 Å². The average molecular weight is 280 g/mol. The van der Waals surface area contributed by atoms with Crippen LogP contribution in [0.25, 0.3) is 0 Å². The first-order valence-corrected chi connectivity index (χ1v) is 6.82. The topological polar surface area (TPSA) is 73.6 Å². The number of nitrogen functional groups attached to an aromatic ring is 1. The Bertz CT molecular complexity index is 447. The van der Waals surface area contributed by atoms with Crippen LogP contribution in [0.15, 0.2) is 18.2 Å². The van der Waals surface area contributed by atoms with Gasteiger partial charge in [0.1, 0.15) is 11.5 Å². The van der Waals surface area contributed by atoms with E-state index >= 15 is 0 Å². The maximum atomic E-state index is 11.9. The van der Waals surface area contributed by atoms with Crippen molar-refractivity contribution in [2.75, 3.05) is 19.4 Å². The van der Waals surface area contributed by atoms with Crippen LogP contribution in [0, 0.1) is 5.92 Å². The lowest BCUT2D eigenvalue weighted by Crippen LogP contribution is -2.37. The van der Waals surface area contributed by atoms with Crippen molar-refractivity contribution in [2.45, 2.75) is 33.3 Å². The van der Waals surface area contributed by atoms with Gasteiger partial charge in [-0.3, -0.25) is 4.79 Å². The Morgan fingerprint density at radius 1 is 1.35 bits per heavy atom. The second-order valence-electron chi connectivity index (χ2n) is 5.14. The minimum absolute atomic E-state index is 0.138. The smallest absolute Gasteiger partial charge is 0.260 e. The molecular formula is C15H24N2O3. The lowest BCUT2D eigenvalue weighted by atomic mass is 10.1. The van der Waals surface area contributed by atoms with Crippen molar-refractivity contribution < 1.29 is 14.3 Å². The third-order valence-electron chi connectivity index (χ3n) is 2.91. The maximum absolute atomic E-state index is 11.9. The van der Waals surface area contributed by atoms with Crippen molar-refractivity contribution in [3.05, 3.63) is 18.2 Å². The molecule has 5 nitrogen and oxygen atoms in total. The highest BCUT2D eigenvalue weighted by molar-refractivity contribution is 5.80. The van der Waals surface area contributed by atoms with Crippen LogP contribution >= 0.6 is 0 Å². The third kappa shape index (κ3) is 4.99. The maximum Gasteiger partial charge on any atom is 0.260 e. The zero-order chi connectivity index (χ0) is 15.1. The number of carbonyl (C=O) groups is 1. The number of hydrogen-bond donors (Lipinski definition) is 2. The van der Waals surface area contributed by atoms with E-state index in [1.807, 2.05) is 0 Å². The minimum Gasteiger partial charge on any atom is -0.497 e. The summed E-state index contributed by atoms with van der Waals surface area (Å²) >= 11 is 0. The summed E-state index contributed by atoms with van der Waals surface area (Å²) in [4.78, 5) is 11.9. The molecule has 0 aliphatic carbocycles. The van der Waals surface area contributed by atoms with Gasteiger partial charge in [0.15, 0.2) is 6.10 Å². The number of amides is 1. The van der Waals surface area contributed by atoms with Crippen LogP contribution in [-0.4, -0.2) is 25.7 Å². The first-order chi connectivity index (χ1) is 9.43. The van der Waals surface area contributed by atoms with E-state index in [4.69, 9.17) is 15.2 Å². The molecule has 1 aromatic carbocycles. The molecule has 0 aliphatic heterocycles. The largest absolute Gasteiger partial charge is 0.497 e. The van der Waals surface area contributed by atoms with E-state index in [2.05, 4.69) is 19.2 Å². The van der Waals surface area contributed by atoms with Gasteiger partial charge in [-0.1, -0.05) is 13.8 Å². The van der Waals surface area contributed by atoms with E-state index in [-0.39, 0.29) is 5.91 Å². The van der Waals surface area contributed by atoms with Gasteiger partial charge in [-0.25, -0.2) is 0 Å². The molecule has 112 valence electrons. The first kappa shape index (κ1) is 16.1. The number of benzene rings is 1. The molecule has 3 N–H and O–H groups in total. The van der Waals surface area contributed by atoms with Crippen LogP contribution in [0.2, 0.25) is 0 Å². The van der Waals surface area contributed by atoms with Gasteiger partial charge in [0, 0.05) is 12.6 Å². The molecule has 1 amide bonds. The molecule has 1 unspecified atom stereocenters. The fourth-order valence-electron chi connectivity index (χ4n) is 1.63. The summed E-state index contributed by atoms with van der Waals surface area (Å²) in [7, 11) is 1.57. The number of nitrogens with two attached hydrogens (primary N) is 1. The molecule has 5 heteroatoms. The van der Waals surface area contributed by atoms with Gasteiger partial charge in [-0.15, -0.1) is 0 Å². The van der Waals surface area contributed by atoms with Crippen LogP contribution < -0.4 is 20.5 Å². The van der Waals surface area contributed by atoms with Crippen LogP contribution in [0.4, 0.5) is 5.69 Å². The highest BCUT2D eigenvalue weighted by atomic mass is 16.5. The summed E-state index contributed by atoms with van der Waals surface area (Å²) in [6.07, 6.45) is 0.362. The predicted molar refractivity (Wildman–Crippen MR) is 80.0 cm³/mol. The summed E-state index contributed by atoms with van der Waals surface area (Å²) in [5, 5.41) is 2.85. The summed E-state index contributed by atoms with van der Waals surface area (Å²) < 4.78 is 10.6. The molecule has 0 aromatic heterocycles. The molecule has 0 aliphatic rings. The normalized spacial score (nSPS) is 12.1. The summed E-state index contributed by atoms with van der Waals surface area (Å²) in [6.45, 7) is 6.59. The Labute approximate surface area is 120 Å². The Morgan fingerprint density at radius 3 is 2.60 bits per heavy atom. The summed E-state index contributed by atoms with van der Waals surface area (Å²) in [5.74, 6) is 1.56. The standard InChI is InChI=1S/C15H24N2O3/c1-10(2)7-8-17-15(18)11(3)20-14-6-5-12(19-4)9-13(14)16/h5-6,9-11H,7-8,16H2,1-4H3,(H,17,18). The Hall–Kier alpha value is -1.91. The Balaban J connectivity index is 2.52. The van der Waals surface area contributed by atoms with Crippen molar-refractivity contribution in [2.24, 2.45) is 5.92 Å². The molecule has 0 saturated carbocycles. The zero-order valence-electron chi connectivity index (χ0n) is 12.6. The number of methoxy groups -OCH3 is 1. The number of ether oxygens (including phenoxy) is 2. The van der Waals surface area contributed by atoms with Crippen LogP contribution in [0.1, 0.15) is 27.2 Å². The lowest BCUT2D eigenvalue weighted by molar-refractivity contribution is -0.127. The lowest BCUT2D eigenvalue weighted by Gasteiger charge is -2.16. The van der Waals surface area contributed by atoms with Crippen molar-refractivity contribution in [1.82, 2.24) is 5.32 Å². The molecule has 0 saturated heterocycles. The second-order valence-corrected chi connectivity index (χ2v) is 5.14. The van der Waals surface area contributed by atoms with Crippen LogP contribution in [0.3, 0.4) is 0 Å². The van der Waals surface area contributed by atoms with Crippen molar-refractivity contribution in [1.29, 1.82) is 0 Å². The van der Waals surface area contributed by atoms with Crippen molar-refractivity contribution in [3.8, 4) is 11.5 Å². The number of hydrogen-bond acceptors (Lipinski definition) is 4.